The number of allylic oxidation sites excluding steroid dienone is 1. The molecular formula is C32H49FN4O6. The van der Waals surface area contributed by atoms with Crippen molar-refractivity contribution in [1.82, 2.24) is 20.4 Å². The number of nitrogens with zero attached hydrogens (tertiary/aromatic N) is 2. The Balaban J connectivity index is 0.00000173. The summed E-state index contributed by atoms with van der Waals surface area (Å²) in [6.07, 6.45) is 7.66. The van der Waals surface area contributed by atoms with Crippen molar-refractivity contribution in [3.63, 3.8) is 0 Å². The van der Waals surface area contributed by atoms with Crippen molar-refractivity contribution >= 4 is 24.0 Å². The van der Waals surface area contributed by atoms with Crippen molar-refractivity contribution in [1.29, 1.82) is 0 Å². The third kappa shape index (κ3) is 8.70. The molecule has 1 saturated carbocycles. The number of amides is 4. The van der Waals surface area contributed by atoms with Gasteiger partial charge in [0.05, 0.1) is 13.7 Å². The van der Waals surface area contributed by atoms with Crippen molar-refractivity contribution in [3.05, 3.63) is 47.5 Å². The van der Waals surface area contributed by atoms with Crippen LogP contribution in [0.2, 0.25) is 0 Å². The molecule has 11 heteroatoms. The number of carbonyl (C=O) groups is 4. The van der Waals surface area contributed by atoms with Gasteiger partial charge in [-0.25, -0.2) is 9.59 Å². The number of hydrogen-bond acceptors (Lipinski definition) is 6. The summed E-state index contributed by atoms with van der Waals surface area (Å²) in [5, 5.41) is 5.85. The third-order valence-corrected chi connectivity index (χ3v) is 8.12. The average Bonchev–Trinajstić information content (AvgIpc) is 3.34. The van der Waals surface area contributed by atoms with Gasteiger partial charge in [0.1, 0.15) is 23.8 Å². The lowest BCUT2D eigenvalue weighted by Crippen LogP contribution is -2.54. The Hall–Kier alpha value is -3.63. The molecule has 2 N–H and O–H groups in total. The second kappa shape index (κ2) is 14.2. The van der Waals surface area contributed by atoms with Crippen LogP contribution in [0.5, 0.6) is 0 Å². The van der Waals surface area contributed by atoms with E-state index in [4.69, 9.17) is 9.47 Å². The van der Waals surface area contributed by atoms with Crippen molar-refractivity contribution in [2.45, 2.75) is 109 Å². The Labute approximate surface area is 256 Å². The van der Waals surface area contributed by atoms with Gasteiger partial charge < -0.3 is 25.0 Å². The van der Waals surface area contributed by atoms with Crippen molar-refractivity contribution in [3.8, 4) is 0 Å². The fourth-order valence-electron chi connectivity index (χ4n) is 5.89. The van der Waals surface area contributed by atoms with E-state index in [1.54, 1.807) is 25.7 Å². The van der Waals surface area contributed by atoms with Gasteiger partial charge in [-0.05, 0) is 63.5 Å². The van der Waals surface area contributed by atoms with Crippen LogP contribution in [0.25, 0.3) is 0 Å². The maximum absolute atomic E-state index is 14.0. The van der Waals surface area contributed by atoms with E-state index in [2.05, 4.69) is 22.8 Å². The Morgan fingerprint density at radius 2 is 1.74 bits per heavy atom. The van der Waals surface area contributed by atoms with Crippen LogP contribution in [0.15, 0.2) is 36.4 Å². The van der Waals surface area contributed by atoms with Gasteiger partial charge in [0.15, 0.2) is 0 Å². The Kier molecular flexibility index (Phi) is 10.7. The van der Waals surface area contributed by atoms with Gasteiger partial charge in [-0.2, -0.15) is 0 Å². The fourth-order valence-corrected chi connectivity index (χ4v) is 5.89. The summed E-state index contributed by atoms with van der Waals surface area (Å²) in [6, 6.07) is 6.28. The number of rotatable bonds is 2. The van der Waals surface area contributed by atoms with E-state index >= 15 is 0 Å². The summed E-state index contributed by atoms with van der Waals surface area (Å²) in [4.78, 5) is 56.3. The quantitative estimate of drug-likeness (QED) is 0.454. The molecule has 10 nitrogen and oxygen atoms in total. The van der Waals surface area contributed by atoms with Gasteiger partial charge in [-0.15, -0.1) is 0 Å². The van der Waals surface area contributed by atoms with Gasteiger partial charge in [0, 0.05) is 28.4 Å². The number of fused-ring (bicyclic) bond motifs is 3. The van der Waals surface area contributed by atoms with E-state index in [0.717, 1.165) is 43.2 Å². The largest absolute Gasteiger partial charge is 0.444 e. The summed E-state index contributed by atoms with van der Waals surface area (Å²) in [6.45, 7) is 6.32. The zero-order valence-electron chi connectivity index (χ0n) is 25.6. The lowest BCUT2D eigenvalue weighted by Gasteiger charge is -2.29. The molecule has 4 amide bonds. The zero-order chi connectivity index (χ0) is 31.1. The standard InChI is InChI=1S/C31H42N4O6.CH3F.2H2/c1-31(2,3)41-29(38)33-24-14-8-6-4-5-7-11-20-15-25(20)32-27(36)26-16-23(19-35(26)28(24)37)40-30(39)34-17-21-12-9-10-13-22(21)18-34;1-2;;/h7,9-13,20,23-26H,4-6,8,14-19H2,1-3H3,(H,32,36)(H,33,38);1H3;2*1H/b11-7-;;;/t20-,23-,24+,25-,26?;;;/m1.../s1. The van der Waals surface area contributed by atoms with Crippen molar-refractivity contribution in [2.24, 2.45) is 5.92 Å². The molecule has 5 rings (SSSR count). The van der Waals surface area contributed by atoms with Crippen LogP contribution in [0.3, 0.4) is 0 Å². The molecule has 1 saturated heterocycles. The first-order chi connectivity index (χ1) is 20.6. The number of nitrogens with one attached hydrogen (secondary N) is 2. The Morgan fingerprint density at radius 1 is 1.05 bits per heavy atom. The molecule has 43 heavy (non-hydrogen) atoms. The number of carbonyl (C=O) groups excluding carboxylic acids is 4. The fraction of sp³-hybridized carbons (Fsp3) is 0.625. The second-order valence-corrected chi connectivity index (χ2v) is 12.7. The van der Waals surface area contributed by atoms with E-state index in [9.17, 15) is 23.6 Å². The molecule has 0 spiro atoms. The summed E-state index contributed by atoms with van der Waals surface area (Å²) >= 11 is 0. The molecule has 2 fully saturated rings. The van der Waals surface area contributed by atoms with Crippen molar-refractivity contribution < 1.29 is 35.9 Å². The maximum Gasteiger partial charge on any atom is 0.410 e. The molecule has 5 atom stereocenters. The monoisotopic (exact) mass is 604 g/mol. The highest BCUT2D eigenvalue weighted by molar-refractivity contribution is 5.92. The van der Waals surface area contributed by atoms with Gasteiger partial charge in [0.25, 0.3) is 0 Å². The topological polar surface area (TPSA) is 117 Å². The van der Waals surface area contributed by atoms with Crippen LogP contribution in [-0.4, -0.2) is 77.4 Å². The Morgan fingerprint density at radius 3 is 2.42 bits per heavy atom. The third-order valence-electron chi connectivity index (χ3n) is 8.12. The Bertz CT molecular complexity index is 1190. The molecule has 0 radical (unpaired) electrons. The van der Waals surface area contributed by atoms with Crippen LogP contribution in [0, 0.1) is 5.92 Å². The molecule has 1 aliphatic carbocycles. The minimum absolute atomic E-state index is 0. The molecule has 240 valence electrons. The van der Waals surface area contributed by atoms with Crippen LogP contribution < -0.4 is 10.6 Å². The lowest BCUT2D eigenvalue weighted by atomic mass is 10.0. The van der Waals surface area contributed by atoms with Gasteiger partial charge in [-0.3, -0.25) is 18.9 Å². The minimum Gasteiger partial charge on any atom is -0.444 e. The number of alkyl halides is 1. The van der Waals surface area contributed by atoms with Crippen LogP contribution >= 0.6 is 0 Å². The molecule has 1 aromatic carbocycles. The summed E-state index contributed by atoms with van der Waals surface area (Å²) in [5.41, 5.74) is 1.45. The molecule has 1 unspecified atom stereocenters. The van der Waals surface area contributed by atoms with Gasteiger partial charge >= 0.3 is 12.2 Å². The number of benzene rings is 1. The van der Waals surface area contributed by atoms with E-state index in [1.807, 2.05) is 24.3 Å². The minimum atomic E-state index is -0.850. The van der Waals surface area contributed by atoms with Gasteiger partial charge in [-0.1, -0.05) is 49.3 Å². The highest BCUT2D eigenvalue weighted by Crippen LogP contribution is 2.33. The summed E-state index contributed by atoms with van der Waals surface area (Å²) in [7, 11) is 0.500. The predicted octanol–water partition coefficient (Wildman–Crippen LogP) is 5.10. The highest BCUT2D eigenvalue weighted by Gasteiger charge is 2.46. The lowest BCUT2D eigenvalue weighted by molar-refractivity contribution is -0.140. The van der Waals surface area contributed by atoms with Crippen LogP contribution in [-0.2, 0) is 32.2 Å². The number of hydrogen-bond donors (Lipinski definition) is 2. The first-order valence-electron chi connectivity index (χ1n) is 15.2. The first kappa shape index (κ1) is 32.3. The van der Waals surface area contributed by atoms with Gasteiger partial charge in [0.2, 0.25) is 11.8 Å². The maximum atomic E-state index is 14.0. The second-order valence-electron chi connectivity index (χ2n) is 12.7. The normalized spacial score (nSPS) is 28.0. The van der Waals surface area contributed by atoms with Crippen molar-refractivity contribution in [2.75, 3.05) is 13.7 Å². The molecule has 1 aromatic rings. The number of alkyl carbamates (subject to hydrolysis) is 1. The van der Waals surface area contributed by atoms with E-state index in [0.29, 0.717) is 32.6 Å². The van der Waals surface area contributed by atoms with E-state index < -0.39 is 36.0 Å². The average molecular weight is 605 g/mol. The zero-order valence-corrected chi connectivity index (χ0v) is 25.6. The molecular weight excluding hydrogens is 555 g/mol. The SMILES string of the molecule is CC(C)(C)OC(=O)N[C@H]1CCCCC/C=C\[C@@H]2C[C@H]2NC(=O)C2C[C@@H](OC(=O)N3Cc4ccccc4C3)CN2C1=O.CF.[HH].[HH]. The van der Waals surface area contributed by atoms with E-state index in [-0.39, 0.29) is 33.7 Å². The highest BCUT2D eigenvalue weighted by atomic mass is 19.1. The first-order valence-corrected chi connectivity index (χ1v) is 15.2. The smallest absolute Gasteiger partial charge is 0.410 e. The molecule has 4 aliphatic rings. The predicted molar refractivity (Wildman–Crippen MR) is 163 cm³/mol. The number of halogens is 1. The number of ether oxygens (including phenoxy) is 2. The van der Waals surface area contributed by atoms with E-state index in [1.165, 1.54) is 4.90 Å². The van der Waals surface area contributed by atoms with Crippen LogP contribution in [0.4, 0.5) is 14.0 Å². The van der Waals surface area contributed by atoms with Crippen LogP contribution in [0.1, 0.15) is 79.7 Å². The molecule has 0 aromatic heterocycles. The molecule has 0 bridgehead atoms. The summed E-state index contributed by atoms with van der Waals surface area (Å²) < 4.78 is 20.8. The molecule has 3 aliphatic heterocycles. The molecule has 3 heterocycles. The summed E-state index contributed by atoms with van der Waals surface area (Å²) in [5.74, 6) is -0.303.